The van der Waals surface area contributed by atoms with E-state index in [1.807, 2.05) is 75.6 Å². The molecule has 54 heavy (non-hydrogen) atoms. The average molecular weight is 729 g/mol. The van der Waals surface area contributed by atoms with Gasteiger partial charge in [-0.15, -0.1) is 0 Å². The minimum atomic E-state index is -0.499. The Balaban J connectivity index is 0.000000167. The van der Waals surface area contributed by atoms with E-state index in [1.165, 1.54) is 22.3 Å². The molecule has 2 amide bonds. The standard InChI is InChI=1S/2C23H28N2O2/c2*1-22(2,3)27-21(26)25-15-14-23(4)19(16-10-6-5-7-11-16)24-18-13-9-8-12-17(18)20(23)25/h2*5-13,19-20,24H,14-15H2,1-4H3/t2*19-,20-,23+/m10/s1. The van der Waals surface area contributed by atoms with Crippen LogP contribution in [0.15, 0.2) is 109 Å². The Morgan fingerprint density at radius 2 is 0.889 bits per heavy atom. The van der Waals surface area contributed by atoms with Crippen molar-refractivity contribution in [2.75, 3.05) is 23.7 Å². The van der Waals surface area contributed by atoms with E-state index in [0.717, 1.165) is 24.2 Å². The summed E-state index contributed by atoms with van der Waals surface area (Å²) >= 11 is 0. The van der Waals surface area contributed by atoms with Gasteiger partial charge in [-0.25, -0.2) is 9.59 Å². The molecule has 0 aliphatic carbocycles. The van der Waals surface area contributed by atoms with Crippen LogP contribution in [0.1, 0.15) is 115 Å². The van der Waals surface area contributed by atoms with Gasteiger partial charge in [0.05, 0.1) is 24.2 Å². The molecule has 8 rings (SSSR count). The summed E-state index contributed by atoms with van der Waals surface area (Å²) in [5.41, 5.74) is 5.86. The van der Waals surface area contributed by atoms with Gasteiger partial charge in [0.1, 0.15) is 11.2 Å². The number of rotatable bonds is 2. The highest BCUT2D eigenvalue weighted by atomic mass is 16.6. The van der Waals surface area contributed by atoms with Crippen LogP contribution in [0.5, 0.6) is 0 Å². The second-order valence-corrected chi connectivity index (χ2v) is 17.8. The van der Waals surface area contributed by atoms with E-state index in [-0.39, 0.29) is 47.2 Å². The second kappa shape index (κ2) is 14.0. The first-order valence-corrected chi connectivity index (χ1v) is 19.4. The lowest BCUT2D eigenvalue weighted by atomic mass is 9.68. The molecule has 0 bridgehead atoms. The molecule has 0 unspecified atom stereocenters. The van der Waals surface area contributed by atoms with Crippen molar-refractivity contribution in [2.45, 2.75) is 104 Å². The Labute approximate surface area is 321 Å². The predicted molar refractivity (Wildman–Crippen MR) is 215 cm³/mol. The van der Waals surface area contributed by atoms with Crippen LogP contribution in [0.25, 0.3) is 0 Å². The van der Waals surface area contributed by atoms with E-state index in [2.05, 4.69) is 109 Å². The van der Waals surface area contributed by atoms with Crippen LogP contribution >= 0.6 is 0 Å². The van der Waals surface area contributed by atoms with Gasteiger partial charge in [-0.05, 0) is 88.8 Å². The molecule has 4 aromatic carbocycles. The number of anilines is 2. The summed E-state index contributed by atoms with van der Waals surface area (Å²) in [7, 11) is 0. The van der Waals surface area contributed by atoms with Crippen LogP contribution in [0, 0.1) is 10.8 Å². The molecular weight excluding hydrogens is 673 g/mol. The van der Waals surface area contributed by atoms with E-state index >= 15 is 0 Å². The third-order valence-corrected chi connectivity index (χ3v) is 11.6. The van der Waals surface area contributed by atoms with Crippen LogP contribution in [0.4, 0.5) is 21.0 Å². The highest BCUT2D eigenvalue weighted by Crippen LogP contribution is 2.61. The smallest absolute Gasteiger partial charge is 0.410 e. The van der Waals surface area contributed by atoms with Crippen molar-refractivity contribution < 1.29 is 19.1 Å². The Morgan fingerprint density at radius 3 is 1.24 bits per heavy atom. The van der Waals surface area contributed by atoms with Gasteiger partial charge in [0.2, 0.25) is 0 Å². The highest BCUT2D eigenvalue weighted by molar-refractivity contribution is 5.73. The maximum absolute atomic E-state index is 13.0. The van der Waals surface area contributed by atoms with E-state index in [4.69, 9.17) is 9.47 Å². The first-order chi connectivity index (χ1) is 25.6. The van der Waals surface area contributed by atoms with Gasteiger partial charge >= 0.3 is 12.2 Å². The van der Waals surface area contributed by atoms with E-state index in [1.54, 1.807) is 0 Å². The number of fused-ring (bicyclic) bond motifs is 6. The summed E-state index contributed by atoms with van der Waals surface area (Å²) in [6.45, 7) is 17.5. The summed E-state index contributed by atoms with van der Waals surface area (Å²) in [5.74, 6) is 0. The monoisotopic (exact) mass is 728 g/mol. The molecule has 6 atom stereocenters. The third-order valence-electron chi connectivity index (χ3n) is 11.6. The molecule has 2 N–H and O–H groups in total. The summed E-state index contributed by atoms with van der Waals surface area (Å²) < 4.78 is 11.5. The molecular formula is C46H56N4O4. The second-order valence-electron chi connectivity index (χ2n) is 17.8. The lowest BCUT2D eigenvalue weighted by Crippen LogP contribution is -2.44. The average Bonchev–Trinajstić information content (AvgIpc) is 3.69. The van der Waals surface area contributed by atoms with E-state index in [9.17, 15) is 9.59 Å². The Hall–Kier alpha value is -4.98. The van der Waals surface area contributed by atoms with Crippen molar-refractivity contribution >= 4 is 23.6 Å². The van der Waals surface area contributed by atoms with Crippen molar-refractivity contribution in [1.29, 1.82) is 0 Å². The summed E-state index contributed by atoms with van der Waals surface area (Å²) in [5, 5.41) is 7.51. The van der Waals surface area contributed by atoms with Crippen LogP contribution in [-0.4, -0.2) is 46.3 Å². The maximum atomic E-state index is 13.0. The molecule has 4 aromatic rings. The zero-order valence-electron chi connectivity index (χ0n) is 33.1. The van der Waals surface area contributed by atoms with E-state index < -0.39 is 11.2 Å². The molecule has 8 heteroatoms. The maximum Gasteiger partial charge on any atom is 0.410 e. The first kappa shape index (κ1) is 37.3. The number of para-hydroxylation sites is 2. The summed E-state index contributed by atoms with van der Waals surface area (Å²) in [6.07, 6.45) is 1.41. The SMILES string of the molecule is CC(C)(C)OC(=O)N1CC[C@@]2(C)[C@@H](c3ccccc3)Nc3ccccc3[C@@H]12.CC(C)(C)OC(=O)N1CC[C@@]2(C)[C@@H]1c1ccccc1N[C@H]2c1ccccc1. The van der Waals surface area contributed by atoms with Gasteiger partial charge in [-0.1, -0.05) is 111 Å². The fraction of sp³-hybridized carbons (Fsp3) is 0.435. The van der Waals surface area contributed by atoms with Crippen LogP contribution in [0.2, 0.25) is 0 Å². The summed E-state index contributed by atoms with van der Waals surface area (Å²) in [6, 6.07) is 38.0. The molecule has 0 radical (unpaired) electrons. The Bertz CT molecular complexity index is 1830. The van der Waals surface area contributed by atoms with Crippen LogP contribution < -0.4 is 10.6 Å². The van der Waals surface area contributed by atoms with Gasteiger partial charge < -0.3 is 29.9 Å². The molecule has 284 valence electrons. The first-order valence-electron chi connectivity index (χ1n) is 19.4. The number of nitrogens with one attached hydrogen (secondary N) is 2. The van der Waals surface area contributed by atoms with Crippen LogP contribution in [0.3, 0.4) is 0 Å². The van der Waals surface area contributed by atoms with Gasteiger partial charge in [0.15, 0.2) is 0 Å². The number of hydrogen-bond acceptors (Lipinski definition) is 6. The molecule has 2 fully saturated rings. The fourth-order valence-corrected chi connectivity index (χ4v) is 9.25. The molecule has 0 aromatic heterocycles. The number of carbonyl (C=O) groups excluding carboxylic acids is 2. The molecule has 4 aliphatic heterocycles. The minimum absolute atomic E-state index is 0.00462. The zero-order chi connectivity index (χ0) is 38.5. The van der Waals surface area contributed by atoms with Crippen molar-refractivity contribution in [1.82, 2.24) is 9.80 Å². The topological polar surface area (TPSA) is 83.1 Å². The van der Waals surface area contributed by atoms with Gasteiger partial charge in [-0.3, -0.25) is 0 Å². The number of ether oxygens (including phenoxy) is 2. The van der Waals surface area contributed by atoms with Crippen molar-refractivity contribution in [3.8, 4) is 0 Å². The number of likely N-dealkylation sites (tertiary alicyclic amines) is 2. The molecule has 0 spiro atoms. The summed E-state index contributed by atoms with van der Waals surface area (Å²) in [4.78, 5) is 29.9. The molecule has 0 saturated carbocycles. The molecule has 2 saturated heterocycles. The van der Waals surface area contributed by atoms with Gasteiger partial charge in [0.25, 0.3) is 0 Å². The Morgan fingerprint density at radius 1 is 0.556 bits per heavy atom. The highest BCUT2D eigenvalue weighted by Gasteiger charge is 2.56. The van der Waals surface area contributed by atoms with Crippen molar-refractivity contribution in [3.63, 3.8) is 0 Å². The number of benzene rings is 4. The fourth-order valence-electron chi connectivity index (χ4n) is 9.25. The lowest BCUT2D eigenvalue weighted by Gasteiger charge is -2.47. The Kier molecular flexibility index (Phi) is 9.69. The zero-order valence-corrected chi connectivity index (χ0v) is 33.1. The molecule has 8 nitrogen and oxygen atoms in total. The normalized spacial score (nSPS) is 26.7. The quantitative estimate of drug-likeness (QED) is 0.214. The van der Waals surface area contributed by atoms with Crippen molar-refractivity contribution in [3.05, 3.63) is 131 Å². The largest absolute Gasteiger partial charge is 0.444 e. The predicted octanol–water partition coefficient (Wildman–Crippen LogP) is 11.1. The minimum Gasteiger partial charge on any atom is -0.444 e. The van der Waals surface area contributed by atoms with E-state index in [0.29, 0.717) is 13.1 Å². The number of carbonyl (C=O) groups is 2. The molecule has 4 aliphatic rings. The molecule has 4 heterocycles. The number of hydrogen-bond donors (Lipinski definition) is 2. The lowest BCUT2D eigenvalue weighted by molar-refractivity contribution is 0.0138. The van der Waals surface area contributed by atoms with Crippen LogP contribution in [-0.2, 0) is 9.47 Å². The van der Waals surface area contributed by atoms with Gasteiger partial charge in [0, 0.05) is 35.3 Å². The third kappa shape index (κ3) is 7.03. The van der Waals surface area contributed by atoms with Gasteiger partial charge in [-0.2, -0.15) is 0 Å². The number of nitrogens with zero attached hydrogens (tertiary/aromatic N) is 2. The number of amides is 2. The van der Waals surface area contributed by atoms with Crippen molar-refractivity contribution in [2.24, 2.45) is 10.8 Å².